The maximum absolute atomic E-state index is 2.61. The Morgan fingerprint density at radius 2 is 1.92 bits per heavy atom. The Balaban J connectivity index is 1.64. The number of hydrogen-bond donors (Lipinski definition) is 0. The predicted octanol–water partition coefficient (Wildman–Crippen LogP) is 2.40. The molecule has 1 saturated heterocycles. The van der Waals surface area contributed by atoms with Crippen LogP contribution < -0.4 is 0 Å². The zero-order valence-corrected chi connectivity index (χ0v) is 7.76. The second kappa shape index (κ2) is 4.08. The van der Waals surface area contributed by atoms with Crippen LogP contribution in [0, 0.1) is 6.42 Å². The predicted molar refractivity (Wildman–Crippen MR) is 51.9 cm³/mol. The van der Waals surface area contributed by atoms with Crippen LogP contribution in [0.25, 0.3) is 0 Å². The van der Waals surface area contributed by atoms with E-state index < -0.39 is 0 Å². The van der Waals surface area contributed by atoms with Crippen LogP contribution in [0.5, 0.6) is 0 Å². The lowest BCUT2D eigenvalue weighted by atomic mass is 9.95. The van der Waals surface area contributed by atoms with Crippen molar-refractivity contribution in [3.8, 4) is 0 Å². The molecule has 0 unspecified atom stereocenters. The minimum atomic E-state index is 1.26. The number of rotatable bonds is 3. The van der Waals surface area contributed by atoms with Gasteiger partial charge >= 0.3 is 0 Å². The highest BCUT2D eigenvalue weighted by Crippen LogP contribution is 2.21. The van der Waals surface area contributed by atoms with E-state index in [2.05, 4.69) is 17.4 Å². The molecule has 0 aromatic heterocycles. The molecule has 1 heteroatoms. The molecule has 0 amide bonds. The van der Waals surface area contributed by atoms with Crippen LogP contribution in [0.15, 0.2) is 11.6 Å². The van der Waals surface area contributed by atoms with E-state index in [1.54, 1.807) is 5.57 Å². The van der Waals surface area contributed by atoms with E-state index in [0.717, 1.165) is 0 Å². The topological polar surface area (TPSA) is 3.24 Å². The van der Waals surface area contributed by atoms with Crippen LogP contribution in [0.1, 0.15) is 32.1 Å². The van der Waals surface area contributed by atoms with Gasteiger partial charge < -0.3 is 4.90 Å². The van der Waals surface area contributed by atoms with E-state index in [4.69, 9.17) is 0 Å². The third kappa shape index (κ3) is 2.10. The van der Waals surface area contributed by atoms with E-state index in [-0.39, 0.29) is 0 Å². The van der Waals surface area contributed by atoms with Gasteiger partial charge in [0, 0.05) is 6.54 Å². The second-order valence-corrected chi connectivity index (χ2v) is 3.92. The molecular formula is C11H18N. The number of allylic oxidation sites excluding steroid dienone is 1. The van der Waals surface area contributed by atoms with Gasteiger partial charge in [-0.05, 0) is 45.2 Å². The quantitative estimate of drug-likeness (QED) is 0.619. The molecule has 0 aromatic rings. The number of hydrogen-bond acceptors (Lipinski definition) is 1. The molecule has 2 rings (SSSR count). The maximum Gasteiger partial charge on any atom is 0.00186 e. The fourth-order valence-electron chi connectivity index (χ4n) is 1.95. The number of nitrogens with zero attached hydrogens (tertiary/aromatic N) is 1. The Labute approximate surface area is 75.4 Å². The molecule has 1 aliphatic heterocycles. The molecule has 2 aliphatic rings. The average molecular weight is 164 g/mol. The Bertz CT molecular complexity index is 166. The molecule has 0 spiro atoms. The number of piperidine rings is 1. The van der Waals surface area contributed by atoms with E-state index in [0.29, 0.717) is 0 Å². The first-order valence-electron chi connectivity index (χ1n) is 5.19. The summed E-state index contributed by atoms with van der Waals surface area (Å²) in [5, 5.41) is 0. The van der Waals surface area contributed by atoms with Crippen LogP contribution in [-0.2, 0) is 0 Å². The summed E-state index contributed by atoms with van der Waals surface area (Å²) in [4.78, 5) is 2.61. The van der Waals surface area contributed by atoms with Gasteiger partial charge in [0.15, 0.2) is 0 Å². The van der Waals surface area contributed by atoms with Crippen LogP contribution in [-0.4, -0.2) is 24.5 Å². The first-order chi connectivity index (χ1) is 5.95. The third-order valence-electron chi connectivity index (χ3n) is 2.93. The van der Waals surface area contributed by atoms with E-state index in [1.165, 1.54) is 51.7 Å². The van der Waals surface area contributed by atoms with Gasteiger partial charge in [-0.25, -0.2) is 0 Å². The van der Waals surface area contributed by atoms with Crippen molar-refractivity contribution in [1.82, 2.24) is 4.90 Å². The zero-order chi connectivity index (χ0) is 8.23. The van der Waals surface area contributed by atoms with Gasteiger partial charge in [0.2, 0.25) is 0 Å². The smallest absolute Gasteiger partial charge is 0.00186 e. The van der Waals surface area contributed by atoms with Gasteiger partial charge in [-0.2, -0.15) is 0 Å². The monoisotopic (exact) mass is 164 g/mol. The van der Waals surface area contributed by atoms with Crippen LogP contribution >= 0.6 is 0 Å². The Morgan fingerprint density at radius 3 is 2.50 bits per heavy atom. The average Bonchev–Trinajstić information content (AvgIpc) is 2.04. The van der Waals surface area contributed by atoms with Crippen molar-refractivity contribution in [2.24, 2.45) is 0 Å². The van der Waals surface area contributed by atoms with Crippen molar-refractivity contribution in [2.75, 3.05) is 19.6 Å². The van der Waals surface area contributed by atoms with Crippen molar-refractivity contribution in [1.29, 1.82) is 0 Å². The third-order valence-corrected chi connectivity index (χ3v) is 2.93. The van der Waals surface area contributed by atoms with Gasteiger partial charge in [-0.3, -0.25) is 0 Å². The Hall–Kier alpha value is -0.300. The highest BCUT2D eigenvalue weighted by atomic mass is 15.1. The molecular weight excluding hydrogens is 146 g/mol. The molecule has 12 heavy (non-hydrogen) atoms. The lowest BCUT2D eigenvalue weighted by Crippen LogP contribution is -2.31. The van der Waals surface area contributed by atoms with Crippen LogP contribution in [0.2, 0.25) is 0 Å². The summed E-state index contributed by atoms with van der Waals surface area (Å²) in [7, 11) is 0. The van der Waals surface area contributed by atoms with E-state index in [1.807, 2.05) is 0 Å². The lowest BCUT2D eigenvalue weighted by molar-refractivity contribution is 0.230. The van der Waals surface area contributed by atoms with Gasteiger partial charge in [0.05, 0.1) is 0 Å². The standard InChI is InChI=1S/C11H18N/c1-2-8-12(9-3-1)10-7-11-5-4-6-11/h4-5H,1-3,6-10H2. The summed E-state index contributed by atoms with van der Waals surface area (Å²) in [6.45, 7) is 3.99. The minimum absolute atomic E-state index is 1.26. The highest BCUT2D eigenvalue weighted by Gasteiger charge is 2.11. The zero-order valence-electron chi connectivity index (χ0n) is 7.76. The van der Waals surface area contributed by atoms with E-state index >= 15 is 0 Å². The number of likely N-dealkylation sites (tertiary alicyclic amines) is 1. The molecule has 1 heterocycles. The van der Waals surface area contributed by atoms with Crippen LogP contribution in [0.3, 0.4) is 0 Å². The summed E-state index contributed by atoms with van der Waals surface area (Å²) in [5.41, 5.74) is 1.65. The summed E-state index contributed by atoms with van der Waals surface area (Å²) in [6.07, 6.45) is 11.4. The van der Waals surface area contributed by atoms with E-state index in [9.17, 15) is 0 Å². The summed E-state index contributed by atoms with van der Waals surface area (Å²) in [5.74, 6) is 0. The molecule has 67 valence electrons. The maximum atomic E-state index is 2.61. The summed E-state index contributed by atoms with van der Waals surface area (Å²) < 4.78 is 0. The van der Waals surface area contributed by atoms with Crippen molar-refractivity contribution in [2.45, 2.75) is 32.1 Å². The van der Waals surface area contributed by atoms with Crippen molar-refractivity contribution in [3.05, 3.63) is 18.1 Å². The molecule has 1 nitrogen and oxygen atoms in total. The largest absolute Gasteiger partial charge is 0.303 e. The normalized spacial score (nSPS) is 24.8. The molecule has 0 saturated carbocycles. The Morgan fingerprint density at radius 1 is 1.17 bits per heavy atom. The van der Waals surface area contributed by atoms with Gasteiger partial charge in [-0.15, -0.1) is 0 Å². The Kier molecular flexibility index (Phi) is 2.83. The first kappa shape index (κ1) is 8.31. The summed E-state index contributed by atoms with van der Waals surface area (Å²) in [6, 6.07) is 0. The summed E-state index contributed by atoms with van der Waals surface area (Å²) >= 11 is 0. The van der Waals surface area contributed by atoms with Gasteiger partial charge in [0.1, 0.15) is 0 Å². The molecule has 0 N–H and O–H groups in total. The molecule has 1 fully saturated rings. The van der Waals surface area contributed by atoms with Crippen molar-refractivity contribution in [3.63, 3.8) is 0 Å². The molecule has 0 bridgehead atoms. The fraction of sp³-hybridized carbons (Fsp3) is 0.727. The molecule has 0 aromatic carbocycles. The van der Waals surface area contributed by atoms with Gasteiger partial charge in [-0.1, -0.05) is 18.1 Å². The minimum Gasteiger partial charge on any atom is -0.303 e. The molecule has 0 atom stereocenters. The van der Waals surface area contributed by atoms with Crippen molar-refractivity contribution >= 4 is 0 Å². The van der Waals surface area contributed by atoms with Gasteiger partial charge in [0.25, 0.3) is 0 Å². The lowest BCUT2D eigenvalue weighted by Gasteiger charge is -2.27. The SMILES string of the molecule is [CH]1C=C(CCN2CCCCC2)C1. The molecule has 1 aliphatic carbocycles. The molecule has 1 radical (unpaired) electrons. The fourth-order valence-corrected chi connectivity index (χ4v) is 1.95. The highest BCUT2D eigenvalue weighted by molar-refractivity contribution is 5.22. The second-order valence-electron chi connectivity index (χ2n) is 3.92. The first-order valence-corrected chi connectivity index (χ1v) is 5.19. The van der Waals surface area contributed by atoms with Crippen LogP contribution in [0.4, 0.5) is 0 Å². The van der Waals surface area contributed by atoms with Crippen molar-refractivity contribution < 1.29 is 0 Å².